The highest BCUT2D eigenvalue weighted by molar-refractivity contribution is 6.31. The van der Waals surface area contributed by atoms with Crippen LogP contribution in [0, 0.1) is 10.8 Å². The molecule has 0 heterocycles. The summed E-state index contributed by atoms with van der Waals surface area (Å²) in [7, 11) is 1.65. The van der Waals surface area contributed by atoms with Gasteiger partial charge in [-0.3, -0.25) is 15.6 Å². The van der Waals surface area contributed by atoms with E-state index in [9.17, 15) is 4.79 Å². The Labute approximate surface area is 159 Å². The monoisotopic (exact) mass is 369 g/mol. The molecule has 0 unspecified atom stereocenters. The van der Waals surface area contributed by atoms with Gasteiger partial charge in [0.2, 0.25) is 0 Å². The second-order valence-electron chi connectivity index (χ2n) is 6.18. The van der Waals surface area contributed by atoms with Crippen LogP contribution in [0.2, 0.25) is 5.02 Å². The number of halogens is 1. The Bertz CT molecular complexity index is 845. The fourth-order valence-electron chi connectivity index (χ4n) is 2.89. The minimum Gasteiger partial charge on any atom is -0.321 e. The van der Waals surface area contributed by atoms with Crippen molar-refractivity contribution in [2.24, 2.45) is 0 Å². The lowest BCUT2D eigenvalue weighted by Crippen LogP contribution is -2.25. The third kappa shape index (κ3) is 4.20. The third-order valence-electron chi connectivity index (χ3n) is 4.36. The molecule has 26 heavy (non-hydrogen) atoms. The quantitative estimate of drug-likeness (QED) is 0.389. The number of aryl methyl sites for hydroxylation is 1. The maximum Gasteiger partial charge on any atom is 0.163 e. The highest BCUT2D eigenvalue weighted by Gasteiger charge is 2.16. The minimum atomic E-state index is 0.147. The number of hydrogen-bond donors (Lipinski definition) is 2. The van der Waals surface area contributed by atoms with E-state index >= 15 is 0 Å². The van der Waals surface area contributed by atoms with Gasteiger partial charge in [0, 0.05) is 29.6 Å². The predicted molar refractivity (Wildman–Crippen MR) is 109 cm³/mol. The van der Waals surface area contributed by atoms with Gasteiger partial charge in [0.15, 0.2) is 5.78 Å². The molecule has 2 N–H and O–H groups in total. The van der Waals surface area contributed by atoms with Crippen LogP contribution in [0.15, 0.2) is 36.4 Å². The van der Waals surface area contributed by atoms with Gasteiger partial charge in [-0.05, 0) is 47.7 Å². The zero-order valence-corrected chi connectivity index (χ0v) is 16.2. The maximum absolute atomic E-state index is 12.5. The molecule has 0 amide bonds. The molecule has 0 spiro atoms. The van der Waals surface area contributed by atoms with Crippen LogP contribution in [-0.4, -0.2) is 29.9 Å². The van der Waals surface area contributed by atoms with Crippen molar-refractivity contribution in [1.82, 2.24) is 4.90 Å². The summed E-state index contributed by atoms with van der Waals surface area (Å²) in [5, 5.41) is 16.3. The highest BCUT2D eigenvalue weighted by atomic mass is 35.5. The van der Waals surface area contributed by atoms with E-state index in [0.29, 0.717) is 17.0 Å². The van der Waals surface area contributed by atoms with E-state index in [4.69, 9.17) is 22.4 Å². The first-order valence-electron chi connectivity index (χ1n) is 8.71. The summed E-state index contributed by atoms with van der Waals surface area (Å²) in [6, 6.07) is 11.2. The Hall–Kier alpha value is -2.46. The van der Waals surface area contributed by atoms with Gasteiger partial charge in [-0.1, -0.05) is 43.6 Å². The molecule has 136 valence electrons. The zero-order valence-electron chi connectivity index (χ0n) is 15.4. The maximum atomic E-state index is 12.5. The fourth-order valence-corrected chi connectivity index (χ4v) is 3.06. The number of amidine groups is 1. The van der Waals surface area contributed by atoms with Crippen molar-refractivity contribution >= 4 is 29.6 Å². The summed E-state index contributed by atoms with van der Waals surface area (Å²) in [6.45, 7) is 4.04. The molecule has 4 nitrogen and oxygen atoms in total. The molecule has 0 bridgehead atoms. The molecule has 0 radical (unpaired) electrons. The van der Waals surface area contributed by atoms with Crippen LogP contribution in [-0.2, 0) is 6.42 Å². The average Bonchev–Trinajstić information content (AvgIpc) is 2.66. The standard InChI is InChI=1S/C21H24ClN3O/c1-4-6-20(26)18-11-15(8-7-14(18)5-2)17-10-9-16(22)12-19(17)21(24)25(3)13-23/h7-13,23-24H,4-6H2,1-3H3. The molecule has 0 aliphatic heterocycles. The highest BCUT2D eigenvalue weighted by Crippen LogP contribution is 2.30. The van der Waals surface area contributed by atoms with Crippen LogP contribution in [0.5, 0.6) is 0 Å². The molecule has 0 atom stereocenters. The number of carbonyl (C=O) groups is 1. The second kappa shape index (κ2) is 8.77. The molecule has 2 rings (SSSR count). The van der Waals surface area contributed by atoms with Gasteiger partial charge >= 0.3 is 0 Å². The van der Waals surface area contributed by atoms with Crippen LogP contribution in [0.25, 0.3) is 11.1 Å². The van der Waals surface area contributed by atoms with Crippen molar-refractivity contribution in [3.05, 3.63) is 58.1 Å². The number of carbonyl (C=O) groups excluding carboxylic acids is 1. The van der Waals surface area contributed by atoms with Crippen molar-refractivity contribution in [2.75, 3.05) is 7.05 Å². The van der Waals surface area contributed by atoms with E-state index in [2.05, 4.69) is 0 Å². The van der Waals surface area contributed by atoms with E-state index in [0.717, 1.165) is 41.4 Å². The van der Waals surface area contributed by atoms with Crippen molar-refractivity contribution in [1.29, 1.82) is 10.8 Å². The topological polar surface area (TPSA) is 68.0 Å². The molecule has 0 fully saturated rings. The minimum absolute atomic E-state index is 0.147. The van der Waals surface area contributed by atoms with Crippen LogP contribution in [0.4, 0.5) is 0 Å². The molecule has 0 saturated heterocycles. The van der Waals surface area contributed by atoms with Crippen LogP contribution in [0.3, 0.4) is 0 Å². The summed E-state index contributed by atoms with van der Waals surface area (Å²) >= 11 is 6.14. The summed E-state index contributed by atoms with van der Waals surface area (Å²) in [4.78, 5) is 13.9. The van der Waals surface area contributed by atoms with Gasteiger partial charge in [-0.2, -0.15) is 0 Å². The van der Waals surface area contributed by atoms with Crippen molar-refractivity contribution < 1.29 is 4.79 Å². The van der Waals surface area contributed by atoms with Gasteiger partial charge in [0.25, 0.3) is 0 Å². The van der Waals surface area contributed by atoms with Gasteiger partial charge in [0.1, 0.15) is 5.84 Å². The van der Waals surface area contributed by atoms with Gasteiger partial charge in [-0.15, -0.1) is 0 Å². The summed E-state index contributed by atoms with van der Waals surface area (Å²) in [5.41, 5.74) is 4.11. The first-order chi connectivity index (χ1) is 12.4. The van der Waals surface area contributed by atoms with Crippen molar-refractivity contribution in [2.45, 2.75) is 33.1 Å². The summed E-state index contributed by atoms with van der Waals surface area (Å²) in [6.07, 6.45) is 3.22. The van der Waals surface area contributed by atoms with E-state index in [1.54, 1.807) is 19.2 Å². The number of Topliss-reactive ketones (excluding diaryl/α,β-unsaturated/α-hetero) is 1. The van der Waals surface area contributed by atoms with Gasteiger partial charge in [0.05, 0.1) is 6.34 Å². The smallest absolute Gasteiger partial charge is 0.163 e. The molecule has 0 aliphatic carbocycles. The van der Waals surface area contributed by atoms with Crippen LogP contribution < -0.4 is 0 Å². The SMILES string of the molecule is CCCC(=O)c1cc(-c2ccc(Cl)cc2C(=N)N(C)C=N)ccc1CC. The van der Waals surface area contributed by atoms with E-state index in [1.165, 1.54) is 4.90 Å². The lowest BCUT2D eigenvalue weighted by Gasteiger charge is -2.18. The van der Waals surface area contributed by atoms with E-state index in [-0.39, 0.29) is 11.6 Å². The number of ketones is 1. The molecule has 0 aromatic heterocycles. The Morgan fingerprint density at radius 1 is 1.15 bits per heavy atom. The lowest BCUT2D eigenvalue weighted by molar-refractivity contribution is 0.0981. The molecule has 2 aromatic rings. The first kappa shape index (κ1) is 19.9. The molecular weight excluding hydrogens is 346 g/mol. The molecule has 2 aromatic carbocycles. The number of benzene rings is 2. The van der Waals surface area contributed by atoms with E-state index in [1.807, 2.05) is 38.1 Å². The summed E-state index contributed by atoms with van der Waals surface area (Å²) < 4.78 is 0. The lowest BCUT2D eigenvalue weighted by atomic mass is 9.92. The molecule has 5 heteroatoms. The fraction of sp³-hybridized carbons (Fsp3) is 0.286. The average molecular weight is 370 g/mol. The van der Waals surface area contributed by atoms with Crippen molar-refractivity contribution in [3.63, 3.8) is 0 Å². The number of nitrogens with zero attached hydrogens (tertiary/aromatic N) is 1. The number of rotatable bonds is 7. The summed E-state index contributed by atoms with van der Waals surface area (Å²) in [5.74, 6) is 0.326. The Kier molecular flexibility index (Phi) is 6.70. The Morgan fingerprint density at radius 3 is 2.50 bits per heavy atom. The normalized spacial score (nSPS) is 10.5. The van der Waals surface area contributed by atoms with Crippen LogP contribution >= 0.6 is 11.6 Å². The largest absolute Gasteiger partial charge is 0.321 e. The zero-order chi connectivity index (χ0) is 19.3. The van der Waals surface area contributed by atoms with Gasteiger partial charge in [-0.25, -0.2) is 0 Å². The first-order valence-corrected chi connectivity index (χ1v) is 9.09. The van der Waals surface area contributed by atoms with E-state index < -0.39 is 0 Å². The van der Waals surface area contributed by atoms with Crippen LogP contribution in [0.1, 0.15) is 48.2 Å². The van der Waals surface area contributed by atoms with Gasteiger partial charge < -0.3 is 4.90 Å². The number of nitrogens with one attached hydrogen (secondary N) is 2. The molecule has 0 saturated carbocycles. The number of hydrogen-bond acceptors (Lipinski definition) is 3. The van der Waals surface area contributed by atoms with Crippen molar-refractivity contribution in [3.8, 4) is 11.1 Å². The third-order valence-corrected chi connectivity index (χ3v) is 4.60. The molecular formula is C21H24ClN3O. The second-order valence-corrected chi connectivity index (χ2v) is 6.61. The Balaban J connectivity index is 2.61. The molecule has 0 aliphatic rings. The Morgan fingerprint density at radius 2 is 1.88 bits per heavy atom. The predicted octanol–water partition coefficient (Wildman–Crippen LogP) is 5.42.